The maximum atomic E-state index is 11.9. The number of hydrogen-bond donors (Lipinski definition) is 2. The third-order valence-corrected chi connectivity index (χ3v) is 3.58. The Morgan fingerprint density at radius 3 is 2.33 bits per heavy atom. The van der Waals surface area contributed by atoms with Gasteiger partial charge in [0.15, 0.2) is 0 Å². The van der Waals surface area contributed by atoms with E-state index >= 15 is 0 Å². The molecule has 0 aliphatic carbocycles. The number of methoxy groups -OCH3 is 1. The van der Waals surface area contributed by atoms with Crippen LogP contribution in [-0.2, 0) is 4.74 Å². The van der Waals surface area contributed by atoms with Crippen molar-refractivity contribution in [1.29, 1.82) is 0 Å². The molecule has 0 spiro atoms. The Hall–Kier alpha value is -1.20. The second-order valence-electron chi connectivity index (χ2n) is 6.31. The Bertz CT molecular complexity index is 476. The number of carbonyl (C=O) groups excluding carboxylic acids is 1. The molecule has 0 saturated carbocycles. The van der Waals surface area contributed by atoms with E-state index in [1.807, 2.05) is 13.8 Å². The number of carbonyl (C=O) groups is 1. The highest BCUT2D eigenvalue weighted by molar-refractivity contribution is 7.80. The van der Waals surface area contributed by atoms with Gasteiger partial charge in [-0.15, -0.1) is 12.6 Å². The first-order valence-electron chi connectivity index (χ1n) is 8.57. The van der Waals surface area contributed by atoms with Crippen molar-refractivity contribution < 1.29 is 14.3 Å². The minimum Gasteiger partial charge on any atom is -0.492 e. The van der Waals surface area contributed by atoms with E-state index in [0.29, 0.717) is 24.5 Å². The Balaban J connectivity index is 0.000000922. The van der Waals surface area contributed by atoms with Gasteiger partial charge in [0.2, 0.25) is 0 Å². The quantitative estimate of drug-likeness (QED) is 0.530. The van der Waals surface area contributed by atoms with Crippen molar-refractivity contribution in [3.05, 3.63) is 23.8 Å². The lowest BCUT2D eigenvalue weighted by molar-refractivity contribution is 0.0942. The third kappa shape index (κ3) is 10.6. The maximum absolute atomic E-state index is 11.9. The van der Waals surface area contributed by atoms with Crippen LogP contribution in [0.3, 0.4) is 0 Å². The summed E-state index contributed by atoms with van der Waals surface area (Å²) in [7, 11) is 1.65. The zero-order chi connectivity index (χ0) is 18.5. The van der Waals surface area contributed by atoms with Gasteiger partial charge >= 0.3 is 0 Å². The molecule has 1 amide bonds. The number of nitrogens with one attached hydrogen (secondary N) is 1. The molecule has 1 rings (SSSR count). The number of ether oxygens (including phenoxy) is 2. The number of rotatable bonds is 8. The van der Waals surface area contributed by atoms with Crippen LogP contribution >= 0.6 is 12.6 Å². The standard InChI is InChI=1S/C14H21NO3S.C5H12/c1-10(2)15-14(16)11-5-6-13(19)12(9-11)18-8-4-7-17-3;1-4-5(2)3/h5-6,9-10,19H,4,7-8H2,1-3H3,(H,15,16);5H,4H2,1-3H3. The Kier molecular flexibility index (Phi) is 12.5. The largest absolute Gasteiger partial charge is 0.492 e. The zero-order valence-electron chi connectivity index (χ0n) is 15.9. The van der Waals surface area contributed by atoms with E-state index in [1.54, 1.807) is 25.3 Å². The summed E-state index contributed by atoms with van der Waals surface area (Å²) < 4.78 is 10.6. The topological polar surface area (TPSA) is 47.6 Å². The van der Waals surface area contributed by atoms with E-state index in [2.05, 4.69) is 38.7 Å². The maximum Gasteiger partial charge on any atom is 0.251 e. The van der Waals surface area contributed by atoms with Gasteiger partial charge in [-0.05, 0) is 38.0 Å². The predicted octanol–water partition coefficient (Wildman–Crippen LogP) is 4.58. The molecule has 1 aromatic carbocycles. The van der Waals surface area contributed by atoms with Crippen LogP contribution in [0, 0.1) is 5.92 Å². The highest BCUT2D eigenvalue weighted by Crippen LogP contribution is 2.24. The molecule has 0 radical (unpaired) electrons. The summed E-state index contributed by atoms with van der Waals surface area (Å²) in [6.45, 7) is 11.7. The highest BCUT2D eigenvalue weighted by Gasteiger charge is 2.10. The molecule has 0 saturated heterocycles. The van der Waals surface area contributed by atoms with E-state index in [9.17, 15) is 4.79 Å². The van der Waals surface area contributed by atoms with Crippen molar-refractivity contribution in [2.24, 2.45) is 5.92 Å². The molecule has 0 aromatic heterocycles. The average molecular weight is 356 g/mol. The Morgan fingerprint density at radius 1 is 1.21 bits per heavy atom. The second-order valence-corrected chi connectivity index (χ2v) is 6.79. The average Bonchev–Trinajstić information content (AvgIpc) is 2.53. The highest BCUT2D eigenvalue weighted by atomic mass is 32.1. The van der Waals surface area contributed by atoms with Crippen LogP contribution < -0.4 is 10.1 Å². The molecule has 0 aliphatic heterocycles. The summed E-state index contributed by atoms with van der Waals surface area (Å²) in [5.41, 5.74) is 0.577. The number of benzene rings is 1. The molecule has 0 aliphatic rings. The van der Waals surface area contributed by atoms with Crippen LogP contribution in [0.1, 0.15) is 57.8 Å². The minimum atomic E-state index is -0.106. The third-order valence-electron chi connectivity index (χ3n) is 3.21. The SMILES string of the molecule is CCC(C)C.COCCCOc1cc(C(=O)NC(C)C)ccc1S. The summed E-state index contributed by atoms with van der Waals surface area (Å²) in [5.74, 6) is 1.40. The first-order chi connectivity index (χ1) is 11.3. The zero-order valence-corrected chi connectivity index (χ0v) is 16.8. The van der Waals surface area contributed by atoms with Crippen LogP contribution in [0.2, 0.25) is 0 Å². The van der Waals surface area contributed by atoms with Gasteiger partial charge in [-0.3, -0.25) is 4.79 Å². The van der Waals surface area contributed by atoms with Gasteiger partial charge in [-0.25, -0.2) is 0 Å². The van der Waals surface area contributed by atoms with Gasteiger partial charge in [0, 0.05) is 36.6 Å². The Labute approximate surface area is 152 Å². The Morgan fingerprint density at radius 2 is 1.83 bits per heavy atom. The van der Waals surface area contributed by atoms with Crippen molar-refractivity contribution in [2.45, 2.75) is 58.4 Å². The van der Waals surface area contributed by atoms with Gasteiger partial charge in [0.25, 0.3) is 5.91 Å². The van der Waals surface area contributed by atoms with E-state index in [0.717, 1.165) is 17.2 Å². The molecular formula is C19H33NO3S. The van der Waals surface area contributed by atoms with E-state index < -0.39 is 0 Å². The van der Waals surface area contributed by atoms with E-state index in [-0.39, 0.29) is 11.9 Å². The molecule has 0 fully saturated rings. The van der Waals surface area contributed by atoms with Crippen molar-refractivity contribution in [3.63, 3.8) is 0 Å². The fourth-order valence-corrected chi connectivity index (χ4v) is 1.71. The summed E-state index contributed by atoms with van der Waals surface area (Å²) in [6, 6.07) is 5.33. The number of hydrogen-bond acceptors (Lipinski definition) is 4. The van der Waals surface area contributed by atoms with Crippen LogP contribution in [-0.4, -0.2) is 32.3 Å². The number of thiol groups is 1. The van der Waals surface area contributed by atoms with Gasteiger partial charge < -0.3 is 14.8 Å². The molecule has 0 bridgehead atoms. The molecule has 4 nitrogen and oxygen atoms in total. The van der Waals surface area contributed by atoms with Gasteiger partial charge in [0.05, 0.1) is 6.61 Å². The van der Waals surface area contributed by atoms with Crippen LogP contribution in [0.15, 0.2) is 23.1 Å². The predicted molar refractivity (Wildman–Crippen MR) is 103 cm³/mol. The van der Waals surface area contributed by atoms with Gasteiger partial charge in [-0.2, -0.15) is 0 Å². The normalized spacial score (nSPS) is 10.4. The number of amides is 1. The molecule has 0 atom stereocenters. The fourth-order valence-electron chi connectivity index (χ4n) is 1.50. The second kappa shape index (κ2) is 13.1. The lowest BCUT2D eigenvalue weighted by atomic mass is 10.2. The van der Waals surface area contributed by atoms with Gasteiger partial charge in [-0.1, -0.05) is 27.2 Å². The molecule has 1 N–H and O–H groups in total. The van der Waals surface area contributed by atoms with Crippen LogP contribution in [0.25, 0.3) is 0 Å². The van der Waals surface area contributed by atoms with Gasteiger partial charge in [0.1, 0.15) is 5.75 Å². The first kappa shape index (κ1) is 22.8. The van der Waals surface area contributed by atoms with E-state index in [1.165, 1.54) is 6.42 Å². The summed E-state index contributed by atoms with van der Waals surface area (Å²) in [6.07, 6.45) is 2.10. The summed E-state index contributed by atoms with van der Waals surface area (Å²) in [5, 5.41) is 2.84. The molecule has 0 heterocycles. The van der Waals surface area contributed by atoms with E-state index in [4.69, 9.17) is 9.47 Å². The van der Waals surface area contributed by atoms with Crippen molar-refractivity contribution in [3.8, 4) is 5.75 Å². The molecule has 138 valence electrons. The first-order valence-corrected chi connectivity index (χ1v) is 9.02. The minimum absolute atomic E-state index is 0.106. The summed E-state index contributed by atoms with van der Waals surface area (Å²) >= 11 is 4.32. The van der Waals surface area contributed by atoms with Crippen LogP contribution in [0.4, 0.5) is 0 Å². The lowest BCUT2D eigenvalue weighted by Crippen LogP contribution is -2.30. The summed E-state index contributed by atoms with van der Waals surface area (Å²) in [4.78, 5) is 12.6. The van der Waals surface area contributed by atoms with Crippen molar-refractivity contribution in [1.82, 2.24) is 5.32 Å². The van der Waals surface area contributed by atoms with Crippen molar-refractivity contribution >= 4 is 18.5 Å². The monoisotopic (exact) mass is 355 g/mol. The lowest BCUT2D eigenvalue weighted by Gasteiger charge is -2.12. The fraction of sp³-hybridized carbons (Fsp3) is 0.632. The molecule has 5 heteroatoms. The van der Waals surface area contributed by atoms with Crippen LogP contribution in [0.5, 0.6) is 5.75 Å². The molecule has 1 aromatic rings. The molecule has 0 unspecified atom stereocenters. The van der Waals surface area contributed by atoms with Crippen molar-refractivity contribution in [2.75, 3.05) is 20.3 Å². The molecule has 24 heavy (non-hydrogen) atoms. The molecular weight excluding hydrogens is 322 g/mol. The smallest absolute Gasteiger partial charge is 0.251 e.